The second-order valence-corrected chi connectivity index (χ2v) is 10.5. The molecule has 4 aromatic rings. The number of benzene rings is 2. The number of H-pyrrole nitrogens is 1. The Hall–Kier alpha value is -4.46. The zero-order chi connectivity index (χ0) is 27.1. The van der Waals surface area contributed by atoms with E-state index in [0.29, 0.717) is 22.6 Å². The molecule has 0 bridgehead atoms. The van der Waals surface area contributed by atoms with Crippen LogP contribution in [0.3, 0.4) is 0 Å². The van der Waals surface area contributed by atoms with E-state index in [0.717, 1.165) is 48.3 Å². The van der Waals surface area contributed by atoms with Gasteiger partial charge in [-0.15, -0.1) is 0 Å². The maximum absolute atomic E-state index is 13.7. The van der Waals surface area contributed by atoms with E-state index in [2.05, 4.69) is 20.6 Å². The molecule has 198 valence electrons. The van der Waals surface area contributed by atoms with E-state index in [9.17, 15) is 14.0 Å². The summed E-state index contributed by atoms with van der Waals surface area (Å²) in [6.07, 6.45) is 5.54. The molecule has 1 aliphatic heterocycles. The molecule has 8 heteroatoms. The first kappa shape index (κ1) is 24.9. The number of likely N-dealkylation sites (N-methyl/N-ethyl adjacent to an activating group) is 1. The van der Waals surface area contributed by atoms with Gasteiger partial charge in [-0.1, -0.05) is 30.3 Å². The summed E-state index contributed by atoms with van der Waals surface area (Å²) in [6.45, 7) is 1.77. The fourth-order valence-corrected chi connectivity index (χ4v) is 5.65. The monoisotopic (exact) mass is 523 g/mol. The number of aromatic amines is 1. The Morgan fingerprint density at radius 2 is 1.85 bits per heavy atom. The van der Waals surface area contributed by atoms with Crippen LogP contribution in [-0.2, 0) is 11.2 Å². The predicted molar refractivity (Wildman–Crippen MR) is 150 cm³/mol. The van der Waals surface area contributed by atoms with Crippen LogP contribution < -0.4 is 10.6 Å². The highest BCUT2D eigenvalue weighted by molar-refractivity contribution is 6.07. The minimum atomic E-state index is -0.490. The van der Waals surface area contributed by atoms with Crippen molar-refractivity contribution in [2.24, 2.45) is 0 Å². The van der Waals surface area contributed by atoms with Crippen molar-refractivity contribution in [2.45, 2.75) is 44.1 Å². The molecule has 1 aliphatic carbocycles. The standard InChI is InChI=1S/C31H30FN5O2/c1-19(20-9-11-22(32)12-10-20)29(38)36-25-17-21(13-16-33-25)27-28(34-23-7-4-3-5-8-23)26-24(35-27)18-31(14-6-15-31)37(2)30(26)39/h3-5,7-13,16-17,19,34-35H,6,14-15,18H2,1-2H3,(H,33,36,38). The third kappa shape index (κ3) is 4.46. The quantitative estimate of drug-likeness (QED) is 0.279. The summed E-state index contributed by atoms with van der Waals surface area (Å²) in [5, 5.41) is 6.37. The summed E-state index contributed by atoms with van der Waals surface area (Å²) >= 11 is 0. The number of halogens is 1. The number of fused-ring (bicyclic) bond motifs is 1. The Morgan fingerprint density at radius 1 is 1.10 bits per heavy atom. The van der Waals surface area contributed by atoms with Crippen molar-refractivity contribution in [2.75, 3.05) is 17.7 Å². The highest BCUT2D eigenvalue weighted by Gasteiger charge is 2.49. The van der Waals surface area contributed by atoms with Gasteiger partial charge in [0, 0.05) is 42.1 Å². The van der Waals surface area contributed by atoms with Crippen molar-refractivity contribution in [1.82, 2.24) is 14.9 Å². The molecular formula is C31H30FN5O2. The Balaban J connectivity index is 1.35. The van der Waals surface area contributed by atoms with Crippen LogP contribution in [0.25, 0.3) is 11.3 Å². The molecule has 1 fully saturated rings. The number of carbonyl (C=O) groups is 2. The number of nitrogens with one attached hydrogen (secondary N) is 3. The summed E-state index contributed by atoms with van der Waals surface area (Å²) in [6, 6.07) is 19.3. The molecule has 3 N–H and O–H groups in total. The molecule has 6 rings (SSSR count). The number of aromatic nitrogens is 2. The average molecular weight is 524 g/mol. The van der Waals surface area contributed by atoms with Gasteiger partial charge in [-0.05, 0) is 68.1 Å². The SMILES string of the molecule is CC(C(=O)Nc1cc(-c2[nH]c3c(c2Nc2ccccc2)C(=O)N(C)C2(CCC2)C3)ccn1)c1ccc(F)cc1. The van der Waals surface area contributed by atoms with Gasteiger partial charge in [0.1, 0.15) is 11.6 Å². The maximum Gasteiger partial charge on any atom is 0.258 e. The van der Waals surface area contributed by atoms with Crippen LogP contribution in [0.5, 0.6) is 0 Å². The summed E-state index contributed by atoms with van der Waals surface area (Å²) in [4.78, 5) is 36.5. The van der Waals surface area contributed by atoms with E-state index in [-0.39, 0.29) is 23.2 Å². The zero-order valence-corrected chi connectivity index (χ0v) is 21.9. The van der Waals surface area contributed by atoms with Gasteiger partial charge in [0.2, 0.25) is 5.91 Å². The highest BCUT2D eigenvalue weighted by Crippen LogP contribution is 2.47. The van der Waals surface area contributed by atoms with E-state index in [4.69, 9.17) is 0 Å². The number of nitrogens with zero attached hydrogens (tertiary/aromatic N) is 2. The average Bonchev–Trinajstić information content (AvgIpc) is 3.28. The number of anilines is 3. The Labute approximate surface area is 226 Å². The molecule has 2 amide bonds. The first-order chi connectivity index (χ1) is 18.8. The lowest BCUT2D eigenvalue weighted by atomic mass is 9.70. The van der Waals surface area contributed by atoms with Gasteiger partial charge < -0.3 is 20.5 Å². The number of carbonyl (C=O) groups excluding carboxylic acids is 2. The maximum atomic E-state index is 13.7. The van der Waals surface area contributed by atoms with Gasteiger partial charge in [0.15, 0.2) is 0 Å². The molecule has 1 saturated carbocycles. The fourth-order valence-electron chi connectivity index (χ4n) is 5.65. The molecule has 0 saturated heterocycles. The van der Waals surface area contributed by atoms with Crippen LogP contribution >= 0.6 is 0 Å². The number of rotatable bonds is 6. The Bertz CT molecular complexity index is 1540. The smallest absolute Gasteiger partial charge is 0.258 e. The van der Waals surface area contributed by atoms with E-state index >= 15 is 0 Å². The van der Waals surface area contributed by atoms with Gasteiger partial charge >= 0.3 is 0 Å². The van der Waals surface area contributed by atoms with E-state index < -0.39 is 5.92 Å². The summed E-state index contributed by atoms with van der Waals surface area (Å²) in [7, 11) is 1.91. The number of hydrogen-bond donors (Lipinski definition) is 3. The van der Waals surface area contributed by atoms with Crippen molar-refractivity contribution in [1.29, 1.82) is 0 Å². The van der Waals surface area contributed by atoms with Crippen LogP contribution in [-0.4, -0.2) is 39.3 Å². The molecule has 1 unspecified atom stereocenters. The molecular weight excluding hydrogens is 493 g/mol. The molecule has 2 aromatic carbocycles. The van der Waals surface area contributed by atoms with E-state index in [1.807, 2.05) is 48.3 Å². The molecule has 1 spiro atoms. The first-order valence-electron chi connectivity index (χ1n) is 13.2. The molecule has 2 aliphatic rings. The summed E-state index contributed by atoms with van der Waals surface area (Å²) in [5.74, 6) is -0.683. The number of hydrogen-bond acceptors (Lipinski definition) is 4. The minimum absolute atomic E-state index is 0.00702. The van der Waals surface area contributed by atoms with Crippen LogP contribution in [0, 0.1) is 5.82 Å². The van der Waals surface area contributed by atoms with Crippen molar-refractivity contribution < 1.29 is 14.0 Å². The molecule has 2 aromatic heterocycles. The predicted octanol–water partition coefficient (Wildman–Crippen LogP) is 6.25. The number of amides is 2. The van der Waals surface area contributed by atoms with Gasteiger partial charge in [0.25, 0.3) is 5.91 Å². The van der Waals surface area contributed by atoms with Crippen molar-refractivity contribution in [3.05, 3.63) is 95.6 Å². The van der Waals surface area contributed by atoms with Gasteiger partial charge in [0.05, 0.1) is 22.9 Å². The number of para-hydroxylation sites is 1. The van der Waals surface area contributed by atoms with Crippen LogP contribution in [0.4, 0.5) is 21.6 Å². The summed E-state index contributed by atoms with van der Waals surface area (Å²) < 4.78 is 13.3. The van der Waals surface area contributed by atoms with Crippen molar-refractivity contribution in [3.63, 3.8) is 0 Å². The van der Waals surface area contributed by atoms with Crippen LogP contribution in [0.1, 0.15) is 53.7 Å². The van der Waals surface area contributed by atoms with Crippen LogP contribution in [0.2, 0.25) is 0 Å². The van der Waals surface area contributed by atoms with Gasteiger partial charge in [-0.3, -0.25) is 9.59 Å². The second-order valence-electron chi connectivity index (χ2n) is 10.5. The summed E-state index contributed by atoms with van der Waals surface area (Å²) in [5.41, 5.74) is 5.32. The molecule has 0 radical (unpaired) electrons. The lowest BCUT2D eigenvalue weighted by Crippen LogP contribution is -2.58. The topological polar surface area (TPSA) is 90.1 Å². The van der Waals surface area contributed by atoms with Crippen molar-refractivity contribution >= 4 is 29.0 Å². The molecule has 1 atom stereocenters. The van der Waals surface area contributed by atoms with E-state index in [1.54, 1.807) is 31.3 Å². The lowest BCUT2D eigenvalue weighted by Gasteiger charge is -2.51. The van der Waals surface area contributed by atoms with Crippen molar-refractivity contribution in [3.8, 4) is 11.3 Å². The molecule has 3 heterocycles. The normalized spacial score (nSPS) is 16.4. The van der Waals surface area contributed by atoms with Gasteiger partial charge in [-0.2, -0.15) is 0 Å². The zero-order valence-electron chi connectivity index (χ0n) is 21.9. The van der Waals surface area contributed by atoms with Crippen LogP contribution in [0.15, 0.2) is 72.9 Å². The third-order valence-electron chi connectivity index (χ3n) is 8.20. The highest BCUT2D eigenvalue weighted by atomic mass is 19.1. The first-order valence-corrected chi connectivity index (χ1v) is 13.2. The molecule has 39 heavy (non-hydrogen) atoms. The fraction of sp³-hybridized carbons (Fsp3) is 0.258. The largest absolute Gasteiger partial charge is 0.356 e. The van der Waals surface area contributed by atoms with Gasteiger partial charge in [-0.25, -0.2) is 9.37 Å². The Kier molecular flexibility index (Phi) is 6.17. The minimum Gasteiger partial charge on any atom is -0.356 e. The number of pyridine rings is 1. The Morgan fingerprint density at radius 3 is 2.54 bits per heavy atom. The van der Waals surface area contributed by atoms with E-state index in [1.165, 1.54) is 12.1 Å². The third-order valence-corrected chi connectivity index (χ3v) is 8.20. The second kappa shape index (κ2) is 9.69. The lowest BCUT2D eigenvalue weighted by molar-refractivity contribution is -0.117. The molecule has 7 nitrogen and oxygen atoms in total.